The Morgan fingerprint density at radius 1 is 0.733 bits per heavy atom. The van der Waals surface area contributed by atoms with E-state index in [1.165, 1.54) is 6.42 Å². The largest absolute Gasteiger partial charge is 0.466 e. The Balaban J connectivity index is 0.000000151. The molecule has 2 aliphatic rings. The van der Waals surface area contributed by atoms with Crippen LogP contribution in [0.4, 0.5) is 0 Å². The van der Waals surface area contributed by atoms with Crippen molar-refractivity contribution >= 4 is 11.8 Å². The quantitative estimate of drug-likeness (QED) is 0.580. The van der Waals surface area contributed by atoms with Gasteiger partial charge in [0.1, 0.15) is 5.78 Å². The summed E-state index contributed by atoms with van der Waals surface area (Å²) < 4.78 is 4.76. The Morgan fingerprint density at radius 3 is 1.93 bits per heavy atom. The molecule has 0 unspecified atom stereocenters. The second kappa shape index (κ2) is 7.43. The third-order valence-corrected chi connectivity index (χ3v) is 2.70. The van der Waals surface area contributed by atoms with Crippen molar-refractivity contribution in [3.63, 3.8) is 0 Å². The second-order valence-electron chi connectivity index (χ2n) is 4.13. The fourth-order valence-electron chi connectivity index (χ4n) is 1.75. The van der Waals surface area contributed by atoms with E-state index in [0.29, 0.717) is 18.8 Å². The number of Topliss-reactive ketones (excluding diaryl/α,β-unsaturated/α-hetero) is 1. The van der Waals surface area contributed by atoms with E-state index in [2.05, 4.69) is 0 Å². The van der Waals surface area contributed by atoms with E-state index in [1.54, 1.807) is 0 Å². The van der Waals surface area contributed by atoms with Crippen molar-refractivity contribution in [1.82, 2.24) is 0 Å². The van der Waals surface area contributed by atoms with Gasteiger partial charge >= 0.3 is 5.97 Å². The molecule has 86 valence electrons. The molecule has 0 spiro atoms. The molecule has 0 bridgehead atoms. The molecule has 0 N–H and O–H groups in total. The molecule has 2 fully saturated rings. The highest BCUT2D eigenvalue weighted by atomic mass is 16.5. The van der Waals surface area contributed by atoms with Crippen LogP contribution in [-0.2, 0) is 14.3 Å². The lowest BCUT2D eigenvalue weighted by molar-refractivity contribution is -0.142. The van der Waals surface area contributed by atoms with Crippen LogP contribution < -0.4 is 0 Å². The maximum absolute atomic E-state index is 10.5. The maximum atomic E-state index is 10.5. The van der Waals surface area contributed by atoms with Gasteiger partial charge in [0.2, 0.25) is 0 Å². The van der Waals surface area contributed by atoms with E-state index in [0.717, 1.165) is 44.9 Å². The zero-order valence-corrected chi connectivity index (χ0v) is 9.30. The molecule has 2 rings (SSSR count). The van der Waals surface area contributed by atoms with Crippen LogP contribution in [0.3, 0.4) is 0 Å². The molecule has 0 aromatic rings. The third kappa shape index (κ3) is 6.26. The molecule has 1 saturated heterocycles. The van der Waals surface area contributed by atoms with E-state index >= 15 is 0 Å². The van der Waals surface area contributed by atoms with E-state index in [1.807, 2.05) is 0 Å². The Labute approximate surface area is 91.2 Å². The van der Waals surface area contributed by atoms with Gasteiger partial charge in [-0.1, -0.05) is 6.42 Å². The first kappa shape index (κ1) is 12.2. The number of hydrogen-bond donors (Lipinski definition) is 0. The molecule has 0 aromatic carbocycles. The zero-order valence-electron chi connectivity index (χ0n) is 9.30. The van der Waals surface area contributed by atoms with Gasteiger partial charge < -0.3 is 4.74 Å². The first-order chi connectivity index (χ1) is 7.29. The van der Waals surface area contributed by atoms with Crippen molar-refractivity contribution < 1.29 is 14.3 Å². The Kier molecular flexibility index (Phi) is 6.05. The summed E-state index contributed by atoms with van der Waals surface area (Å²) in [4.78, 5) is 20.9. The number of rotatable bonds is 0. The molecule has 0 aromatic heterocycles. The molecular weight excluding hydrogens is 192 g/mol. The summed E-state index contributed by atoms with van der Waals surface area (Å²) in [6, 6.07) is 0. The molecule has 0 atom stereocenters. The van der Waals surface area contributed by atoms with Gasteiger partial charge in [0.05, 0.1) is 6.61 Å². The average molecular weight is 212 g/mol. The van der Waals surface area contributed by atoms with Gasteiger partial charge in [-0.3, -0.25) is 9.59 Å². The van der Waals surface area contributed by atoms with Crippen LogP contribution in [0.2, 0.25) is 0 Å². The summed E-state index contributed by atoms with van der Waals surface area (Å²) >= 11 is 0. The normalized spacial score (nSPS) is 22.1. The number of ketones is 1. The predicted octanol–water partition coefficient (Wildman–Crippen LogP) is 2.62. The predicted molar refractivity (Wildman–Crippen MR) is 57.5 cm³/mol. The lowest BCUT2D eigenvalue weighted by atomic mass is 10.00. The Morgan fingerprint density at radius 2 is 1.33 bits per heavy atom. The third-order valence-electron chi connectivity index (χ3n) is 2.70. The molecule has 1 aliphatic carbocycles. The van der Waals surface area contributed by atoms with E-state index in [4.69, 9.17) is 4.74 Å². The van der Waals surface area contributed by atoms with Crippen molar-refractivity contribution in [1.29, 1.82) is 0 Å². The fraction of sp³-hybridized carbons (Fsp3) is 0.833. The highest BCUT2D eigenvalue weighted by molar-refractivity contribution is 5.78. The Hall–Kier alpha value is -0.860. The van der Waals surface area contributed by atoms with Crippen LogP contribution in [0.15, 0.2) is 0 Å². The van der Waals surface area contributed by atoms with E-state index in [9.17, 15) is 9.59 Å². The first-order valence-corrected chi connectivity index (χ1v) is 5.96. The van der Waals surface area contributed by atoms with Gasteiger partial charge in [-0.2, -0.15) is 0 Å². The maximum Gasteiger partial charge on any atom is 0.305 e. The van der Waals surface area contributed by atoms with Crippen molar-refractivity contribution in [3.8, 4) is 0 Å². The molecule has 1 saturated carbocycles. The minimum absolute atomic E-state index is 0.0255. The number of esters is 1. The molecule has 15 heavy (non-hydrogen) atoms. The zero-order chi connectivity index (χ0) is 10.9. The SMILES string of the molecule is O=C1CCCCC1.O=C1CCCCCO1. The summed E-state index contributed by atoms with van der Waals surface area (Å²) in [7, 11) is 0. The van der Waals surface area contributed by atoms with Gasteiger partial charge in [0, 0.05) is 19.3 Å². The minimum Gasteiger partial charge on any atom is -0.466 e. The molecule has 1 heterocycles. The topological polar surface area (TPSA) is 43.4 Å². The van der Waals surface area contributed by atoms with Gasteiger partial charge in [-0.15, -0.1) is 0 Å². The fourth-order valence-corrected chi connectivity index (χ4v) is 1.75. The molecular formula is C12H20O3. The summed E-state index contributed by atoms with van der Waals surface area (Å²) in [6.07, 6.45) is 9.07. The monoisotopic (exact) mass is 212 g/mol. The van der Waals surface area contributed by atoms with Gasteiger partial charge in [-0.25, -0.2) is 0 Å². The van der Waals surface area contributed by atoms with Crippen molar-refractivity contribution in [2.24, 2.45) is 0 Å². The van der Waals surface area contributed by atoms with Crippen LogP contribution in [0.25, 0.3) is 0 Å². The standard InChI is InChI=1S/C6H10O2.C6H10O/c7-6-4-2-1-3-5-8-6;7-6-4-2-1-3-5-6/h1-5H2;1-5H2. The lowest BCUT2D eigenvalue weighted by Gasteiger charge is -2.05. The lowest BCUT2D eigenvalue weighted by Crippen LogP contribution is -2.02. The highest BCUT2D eigenvalue weighted by Crippen LogP contribution is 2.12. The van der Waals surface area contributed by atoms with Gasteiger partial charge in [0.15, 0.2) is 0 Å². The van der Waals surface area contributed by atoms with Crippen LogP contribution in [0.1, 0.15) is 57.8 Å². The van der Waals surface area contributed by atoms with E-state index < -0.39 is 0 Å². The van der Waals surface area contributed by atoms with Crippen LogP contribution >= 0.6 is 0 Å². The molecule has 3 nitrogen and oxygen atoms in total. The molecule has 1 aliphatic heterocycles. The molecule has 3 heteroatoms. The van der Waals surface area contributed by atoms with E-state index in [-0.39, 0.29) is 5.97 Å². The summed E-state index contributed by atoms with van der Waals surface area (Å²) in [5.74, 6) is 0.439. The number of hydrogen-bond acceptors (Lipinski definition) is 3. The molecule has 0 radical (unpaired) electrons. The van der Waals surface area contributed by atoms with Crippen LogP contribution in [0.5, 0.6) is 0 Å². The van der Waals surface area contributed by atoms with Crippen LogP contribution in [-0.4, -0.2) is 18.4 Å². The number of carbonyl (C=O) groups is 2. The average Bonchev–Trinajstić information content (AvgIpc) is 2.48. The van der Waals surface area contributed by atoms with Crippen molar-refractivity contribution in [2.75, 3.05) is 6.61 Å². The Bertz CT molecular complexity index is 193. The van der Waals surface area contributed by atoms with Gasteiger partial charge in [-0.05, 0) is 32.1 Å². The number of carbonyl (C=O) groups excluding carboxylic acids is 2. The summed E-state index contributed by atoms with van der Waals surface area (Å²) in [5, 5.41) is 0. The number of cyclic esters (lactones) is 1. The minimum atomic E-state index is -0.0255. The second-order valence-corrected chi connectivity index (χ2v) is 4.13. The van der Waals surface area contributed by atoms with Gasteiger partial charge in [0.25, 0.3) is 0 Å². The molecule has 0 amide bonds. The highest BCUT2D eigenvalue weighted by Gasteiger charge is 2.06. The smallest absolute Gasteiger partial charge is 0.305 e. The van der Waals surface area contributed by atoms with Crippen molar-refractivity contribution in [3.05, 3.63) is 0 Å². The summed E-state index contributed by atoms with van der Waals surface area (Å²) in [5.41, 5.74) is 0. The van der Waals surface area contributed by atoms with Crippen molar-refractivity contribution in [2.45, 2.75) is 57.8 Å². The first-order valence-electron chi connectivity index (χ1n) is 5.96. The number of ether oxygens (including phenoxy) is 1. The van der Waals surface area contributed by atoms with Crippen LogP contribution in [0, 0.1) is 0 Å². The summed E-state index contributed by atoms with van der Waals surface area (Å²) in [6.45, 7) is 0.638.